The summed E-state index contributed by atoms with van der Waals surface area (Å²) < 4.78 is 18.2. The van der Waals surface area contributed by atoms with Crippen LogP contribution in [0.3, 0.4) is 0 Å². The van der Waals surface area contributed by atoms with E-state index in [2.05, 4.69) is 10.6 Å². The summed E-state index contributed by atoms with van der Waals surface area (Å²) in [5.41, 5.74) is 0. The number of nitrogens with one attached hydrogen (secondary N) is 2. The number of carbonyl (C=O) groups excluding carboxylic acids is 1. The van der Waals surface area contributed by atoms with Crippen molar-refractivity contribution in [1.29, 1.82) is 0 Å². The van der Waals surface area contributed by atoms with Crippen LogP contribution in [-0.4, -0.2) is 36.9 Å². The van der Waals surface area contributed by atoms with Gasteiger partial charge in [-0.2, -0.15) is 0 Å². The van der Waals surface area contributed by atoms with Crippen LogP contribution in [-0.2, 0) is 0 Å². The molecule has 0 aliphatic rings. The van der Waals surface area contributed by atoms with Gasteiger partial charge in [0.2, 0.25) is 0 Å². The number of hydrogen-bond donors (Lipinski definition) is 3. The lowest BCUT2D eigenvalue weighted by Crippen LogP contribution is -2.44. The second kappa shape index (κ2) is 9.18. The second-order valence-corrected chi connectivity index (χ2v) is 5.14. The molecular formula is C15H23FN2O3. The maximum absolute atomic E-state index is 12.7. The molecule has 6 heteroatoms. The number of hydrogen-bond acceptors (Lipinski definition) is 3. The Morgan fingerprint density at radius 1 is 1.33 bits per heavy atom. The van der Waals surface area contributed by atoms with E-state index in [9.17, 15) is 9.18 Å². The number of ether oxygens (including phenoxy) is 1. The summed E-state index contributed by atoms with van der Waals surface area (Å²) in [5, 5.41) is 14.3. The first-order chi connectivity index (χ1) is 10.0. The zero-order chi connectivity index (χ0) is 15.7. The fourth-order valence-corrected chi connectivity index (χ4v) is 1.66. The quantitative estimate of drug-likeness (QED) is 0.686. The predicted molar refractivity (Wildman–Crippen MR) is 78.8 cm³/mol. The van der Waals surface area contributed by atoms with Gasteiger partial charge in [0, 0.05) is 13.2 Å². The van der Waals surface area contributed by atoms with Crippen molar-refractivity contribution in [2.45, 2.75) is 26.3 Å². The Bertz CT molecular complexity index is 425. The van der Waals surface area contributed by atoms with Gasteiger partial charge in [-0.3, -0.25) is 0 Å². The highest BCUT2D eigenvalue weighted by molar-refractivity contribution is 5.74. The molecule has 0 aliphatic heterocycles. The second-order valence-electron chi connectivity index (χ2n) is 5.14. The van der Waals surface area contributed by atoms with Gasteiger partial charge >= 0.3 is 6.03 Å². The number of aliphatic hydroxyl groups excluding tert-OH is 1. The lowest BCUT2D eigenvalue weighted by atomic mass is 10.1. The lowest BCUT2D eigenvalue weighted by molar-refractivity contribution is 0.222. The van der Waals surface area contributed by atoms with E-state index in [1.54, 1.807) is 12.1 Å². The maximum atomic E-state index is 12.7. The number of halogens is 1. The molecule has 1 aromatic carbocycles. The summed E-state index contributed by atoms with van der Waals surface area (Å²) in [7, 11) is 0. The number of rotatable bonds is 8. The van der Waals surface area contributed by atoms with Gasteiger partial charge < -0.3 is 20.5 Å². The highest BCUT2D eigenvalue weighted by atomic mass is 19.1. The normalized spacial score (nSPS) is 13.3. The Labute approximate surface area is 124 Å². The van der Waals surface area contributed by atoms with Gasteiger partial charge in [0.15, 0.2) is 0 Å². The SMILES string of the molecule is CC(CCO)CNC(=O)NC(C)COc1ccc(F)cc1. The van der Waals surface area contributed by atoms with Gasteiger partial charge in [0.05, 0.1) is 6.04 Å². The summed E-state index contributed by atoms with van der Waals surface area (Å²) in [4.78, 5) is 11.6. The maximum Gasteiger partial charge on any atom is 0.315 e. The molecule has 0 saturated heterocycles. The van der Waals surface area contributed by atoms with Crippen molar-refractivity contribution in [1.82, 2.24) is 10.6 Å². The van der Waals surface area contributed by atoms with Crippen LogP contribution in [0.25, 0.3) is 0 Å². The Morgan fingerprint density at radius 3 is 2.62 bits per heavy atom. The molecule has 0 bridgehead atoms. The van der Waals surface area contributed by atoms with E-state index in [-0.39, 0.29) is 30.4 Å². The zero-order valence-corrected chi connectivity index (χ0v) is 12.4. The molecule has 1 aromatic rings. The summed E-state index contributed by atoms with van der Waals surface area (Å²) in [6.45, 7) is 4.70. The average Bonchev–Trinajstić information content (AvgIpc) is 2.45. The molecular weight excluding hydrogens is 275 g/mol. The van der Waals surface area contributed by atoms with E-state index in [4.69, 9.17) is 9.84 Å². The zero-order valence-electron chi connectivity index (χ0n) is 12.4. The smallest absolute Gasteiger partial charge is 0.315 e. The van der Waals surface area contributed by atoms with Crippen molar-refractivity contribution >= 4 is 6.03 Å². The third-order valence-corrected chi connectivity index (χ3v) is 2.92. The van der Waals surface area contributed by atoms with E-state index in [0.29, 0.717) is 25.3 Å². The van der Waals surface area contributed by atoms with Gasteiger partial charge in [-0.05, 0) is 43.5 Å². The van der Waals surface area contributed by atoms with E-state index in [1.165, 1.54) is 12.1 Å². The topological polar surface area (TPSA) is 70.6 Å². The molecule has 0 radical (unpaired) electrons. The molecule has 3 N–H and O–H groups in total. The van der Waals surface area contributed by atoms with Crippen molar-refractivity contribution in [3.8, 4) is 5.75 Å². The molecule has 21 heavy (non-hydrogen) atoms. The molecule has 0 saturated carbocycles. The van der Waals surface area contributed by atoms with Gasteiger partial charge in [0.1, 0.15) is 18.2 Å². The molecule has 0 spiro atoms. The van der Waals surface area contributed by atoms with Crippen molar-refractivity contribution in [3.05, 3.63) is 30.1 Å². The van der Waals surface area contributed by atoms with Crippen molar-refractivity contribution in [2.24, 2.45) is 5.92 Å². The fourth-order valence-electron chi connectivity index (χ4n) is 1.66. The van der Waals surface area contributed by atoms with Crippen molar-refractivity contribution in [2.75, 3.05) is 19.8 Å². The largest absolute Gasteiger partial charge is 0.491 e. The Balaban J connectivity index is 2.21. The van der Waals surface area contributed by atoms with Crippen LogP contribution >= 0.6 is 0 Å². The van der Waals surface area contributed by atoms with Crippen molar-refractivity contribution in [3.63, 3.8) is 0 Å². The number of urea groups is 1. The molecule has 118 valence electrons. The van der Waals surface area contributed by atoms with Crippen LogP contribution in [0.2, 0.25) is 0 Å². The standard InChI is InChI=1S/C15H23FN2O3/c1-11(7-8-19)9-17-15(20)18-12(2)10-21-14-5-3-13(16)4-6-14/h3-6,11-12,19H,7-10H2,1-2H3,(H2,17,18,20). The third-order valence-electron chi connectivity index (χ3n) is 2.92. The van der Waals surface area contributed by atoms with Crippen LogP contribution < -0.4 is 15.4 Å². The minimum atomic E-state index is -0.315. The van der Waals surface area contributed by atoms with E-state index < -0.39 is 0 Å². The summed E-state index contributed by atoms with van der Waals surface area (Å²) in [6, 6.07) is 5.28. The van der Waals surface area contributed by atoms with Gasteiger partial charge in [0.25, 0.3) is 0 Å². The molecule has 2 atom stereocenters. The molecule has 1 rings (SSSR count). The first-order valence-electron chi connectivity index (χ1n) is 7.05. The third kappa shape index (κ3) is 7.51. The first-order valence-corrected chi connectivity index (χ1v) is 7.05. The molecule has 2 amide bonds. The number of amides is 2. The highest BCUT2D eigenvalue weighted by Gasteiger charge is 2.09. The van der Waals surface area contributed by atoms with Gasteiger partial charge in [-0.25, -0.2) is 9.18 Å². The Hall–Kier alpha value is -1.82. The average molecular weight is 298 g/mol. The minimum absolute atomic E-state index is 0.117. The van der Waals surface area contributed by atoms with Gasteiger partial charge in [-0.15, -0.1) is 0 Å². The lowest BCUT2D eigenvalue weighted by Gasteiger charge is -2.17. The van der Waals surface area contributed by atoms with Crippen LogP contribution in [0.15, 0.2) is 24.3 Å². The molecule has 0 aliphatic carbocycles. The van der Waals surface area contributed by atoms with E-state index >= 15 is 0 Å². The van der Waals surface area contributed by atoms with Gasteiger partial charge in [-0.1, -0.05) is 6.92 Å². The van der Waals surface area contributed by atoms with Crippen LogP contribution in [0.1, 0.15) is 20.3 Å². The van der Waals surface area contributed by atoms with Crippen LogP contribution in [0.5, 0.6) is 5.75 Å². The Kier molecular flexibility index (Phi) is 7.53. The van der Waals surface area contributed by atoms with Crippen LogP contribution in [0, 0.1) is 11.7 Å². The minimum Gasteiger partial charge on any atom is -0.491 e. The van der Waals surface area contributed by atoms with Crippen molar-refractivity contribution < 1.29 is 19.0 Å². The monoisotopic (exact) mass is 298 g/mol. The molecule has 5 nitrogen and oxygen atoms in total. The first kappa shape index (κ1) is 17.2. The summed E-state index contributed by atoms with van der Waals surface area (Å²) in [6.07, 6.45) is 0.656. The highest BCUT2D eigenvalue weighted by Crippen LogP contribution is 2.11. The number of carbonyl (C=O) groups is 1. The number of aliphatic hydroxyl groups is 1. The summed E-state index contributed by atoms with van der Waals surface area (Å²) in [5.74, 6) is 0.471. The fraction of sp³-hybridized carbons (Fsp3) is 0.533. The predicted octanol–water partition coefficient (Wildman–Crippen LogP) is 1.91. The molecule has 0 fully saturated rings. The van der Waals surface area contributed by atoms with E-state index in [0.717, 1.165) is 0 Å². The van der Waals surface area contributed by atoms with E-state index in [1.807, 2.05) is 13.8 Å². The summed E-state index contributed by atoms with van der Waals surface area (Å²) >= 11 is 0. The number of benzene rings is 1. The van der Waals surface area contributed by atoms with Crippen LogP contribution in [0.4, 0.5) is 9.18 Å². The molecule has 2 unspecified atom stereocenters. The molecule has 0 aromatic heterocycles. The molecule has 0 heterocycles. The Morgan fingerprint density at radius 2 is 2.00 bits per heavy atom.